The van der Waals surface area contributed by atoms with Crippen LogP contribution >= 0.6 is 27.7 Å². The number of esters is 1. The number of halogens is 1. The van der Waals surface area contributed by atoms with E-state index in [1.807, 2.05) is 0 Å². The molecule has 0 aliphatic carbocycles. The Bertz CT molecular complexity index is 288. The zero-order chi connectivity index (χ0) is 13.4. The van der Waals surface area contributed by atoms with Crippen molar-refractivity contribution in [2.75, 3.05) is 30.0 Å². The van der Waals surface area contributed by atoms with E-state index in [2.05, 4.69) is 15.9 Å². The van der Waals surface area contributed by atoms with E-state index in [0.29, 0.717) is 25.3 Å². The Kier molecular flexibility index (Phi) is 7.74. The van der Waals surface area contributed by atoms with Crippen molar-refractivity contribution >= 4 is 39.6 Å². The maximum absolute atomic E-state index is 12.1. The molecule has 0 spiro atoms. The lowest BCUT2D eigenvalue weighted by Gasteiger charge is -2.33. The van der Waals surface area contributed by atoms with E-state index in [4.69, 9.17) is 4.74 Å². The van der Waals surface area contributed by atoms with Crippen LogP contribution in [0.1, 0.15) is 26.2 Å². The Morgan fingerprint density at radius 1 is 1.44 bits per heavy atom. The molecule has 0 N–H and O–H groups in total. The Labute approximate surface area is 121 Å². The zero-order valence-corrected chi connectivity index (χ0v) is 13.1. The number of hydrogen-bond acceptors (Lipinski definition) is 4. The summed E-state index contributed by atoms with van der Waals surface area (Å²) in [5, 5.41) is 0.914. The highest BCUT2D eigenvalue weighted by Crippen LogP contribution is 2.19. The second-order valence-corrected chi connectivity index (χ2v) is 6.02. The largest absolute Gasteiger partial charge is 0.464 e. The molecular weight excluding hydrogens is 318 g/mol. The molecule has 1 rings (SSSR count). The minimum Gasteiger partial charge on any atom is -0.464 e. The molecule has 0 aromatic rings. The van der Waals surface area contributed by atoms with Crippen LogP contribution in [0.3, 0.4) is 0 Å². The number of thioether (sulfide) groups is 1. The first kappa shape index (κ1) is 15.8. The van der Waals surface area contributed by atoms with Crippen molar-refractivity contribution in [1.82, 2.24) is 4.90 Å². The van der Waals surface area contributed by atoms with Crippen LogP contribution in [0.15, 0.2) is 0 Å². The summed E-state index contributed by atoms with van der Waals surface area (Å²) in [5.41, 5.74) is 0. The fourth-order valence-electron chi connectivity index (χ4n) is 1.85. The fourth-order valence-corrected chi connectivity index (χ4v) is 3.28. The molecule has 1 aliphatic heterocycles. The first-order chi connectivity index (χ1) is 8.70. The van der Waals surface area contributed by atoms with Crippen LogP contribution in [0.4, 0.5) is 0 Å². The van der Waals surface area contributed by atoms with Crippen molar-refractivity contribution in [3.8, 4) is 0 Å². The van der Waals surface area contributed by atoms with Gasteiger partial charge >= 0.3 is 5.97 Å². The fraction of sp³-hybridized carbons (Fsp3) is 0.833. The van der Waals surface area contributed by atoms with Gasteiger partial charge in [0.25, 0.3) is 0 Å². The molecule has 1 fully saturated rings. The van der Waals surface area contributed by atoms with Crippen LogP contribution in [0.25, 0.3) is 0 Å². The van der Waals surface area contributed by atoms with Crippen LogP contribution in [0.5, 0.6) is 0 Å². The van der Waals surface area contributed by atoms with Crippen LogP contribution in [-0.4, -0.2) is 52.8 Å². The van der Waals surface area contributed by atoms with E-state index in [1.165, 1.54) is 0 Å². The third-order valence-corrected chi connectivity index (χ3v) is 4.37. The summed E-state index contributed by atoms with van der Waals surface area (Å²) in [4.78, 5) is 25.6. The van der Waals surface area contributed by atoms with Gasteiger partial charge in [0.05, 0.1) is 6.61 Å². The van der Waals surface area contributed by atoms with Crippen molar-refractivity contribution in [1.29, 1.82) is 0 Å². The highest BCUT2D eigenvalue weighted by molar-refractivity contribution is 9.09. The highest BCUT2D eigenvalue weighted by atomic mass is 79.9. The number of unbranched alkanes of at least 4 members (excludes halogenated alkanes) is 1. The Morgan fingerprint density at radius 3 is 2.89 bits per heavy atom. The molecule has 1 aliphatic rings. The molecule has 1 atom stereocenters. The summed E-state index contributed by atoms with van der Waals surface area (Å²) in [6.07, 6.45) is 2.37. The van der Waals surface area contributed by atoms with Gasteiger partial charge in [-0.05, 0) is 19.8 Å². The zero-order valence-electron chi connectivity index (χ0n) is 10.7. The number of rotatable bonds is 6. The SMILES string of the molecule is CCOC(=O)C1CSCCN1C(=O)CCCCBr. The maximum atomic E-state index is 12.1. The van der Waals surface area contributed by atoms with Crippen molar-refractivity contribution in [2.45, 2.75) is 32.2 Å². The van der Waals surface area contributed by atoms with Gasteiger partial charge in [0.1, 0.15) is 6.04 Å². The first-order valence-electron chi connectivity index (χ1n) is 6.30. The van der Waals surface area contributed by atoms with E-state index in [0.717, 1.165) is 23.9 Å². The predicted octanol–water partition coefficient (Wildman–Crippen LogP) is 2.06. The monoisotopic (exact) mass is 337 g/mol. The number of nitrogens with zero attached hydrogens (tertiary/aromatic N) is 1. The summed E-state index contributed by atoms with van der Waals surface area (Å²) in [6.45, 7) is 2.81. The Balaban J connectivity index is 2.52. The second kappa shape index (κ2) is 8.80. The molecule has 0 bridgehead atoms. The molecule has 0 aromatic heterocycles. The van der Waals surface area contributed by atoms with Crippen molar-refractivity contribution in [3.63, 3.8) is 0 Å². The minimum absolute atomic E-state index is 0.0781. The summed E-state index contributed by atoms with van der Waals surface area (Å²) < 4.78 is 5.03. The number of carbonyl (C=O) groups excluding carboxylic acids is 2. The first-order valence-corrected chi connectivity index (χ1v) is 8.58. The van der Waals surface area contributed by atoms with Gasteiger partial charge in [-0.1, -0.05) is 15.9 Å². The van der Waals surface area contributed by atoms with Gasteiger partial charge in [-0.25, -0.2) is 4.79 Å². The second-order valence-electron chi connectivity index (χ2n) is 4.08. The lowest BCUT2D eigenvalue weighted by Crippen LogP contribution is -2.50. The van der Waals surface area contributed by atoms with E-state index >= 15 is 0 Å². The molecule has 4 nitrogen and oxygen atoms in total. The summed E-state index contributed by atoms with van der Waals surface area (Å²) in [6, 6.07) is -0.389. The van der Waals surface area contributed by atoms with Gasteiger partial charge in [0, 0.05) is 29.8 Å². The van der Waals surface area contributed by atoms with E-state index in [9.17, 15) is 9.59 Å². The smallest absolute Gasteiger partial charge is 0.329 e. The van der Waals surface area contributed by atoms with Crippen LogP contribution in [-0.2, 0) is 14.3 Å². The third-order valence-electron chi connectivity index (χ3n) is 2.78. The van der Waals surface area contributed by atoms with Crippen molar-refractivity contribution in [2.24, 2.45) is 0 Å². The van der Waals surface area contributed by atoms with E-state index in [-0.39, 0.29) is 17.9 Å². The molecule has 0 saturated carbocycles. The van der Waals surface area contributed by atoms with Gasteiger partial charge in [-0.15, -0.1) is 0 Å². The molecule has 104 valence electrons. The molecule has 0 aromatic carbocycles. The molecule has 1 unspecified atom stereocenters. The van der Waals surface area contributed by atoms with Crippen LogP contribution in [0.2, 0.25) is 0 Å². The molecule has 0 radical (unpaired) electrons. The minimum atomic E-state index is -0.389. The van der Waals surface area contributed by atoms with Crippen LogP contribution in [0, 0.1) is 0 Å². The van der Waals surface area contributed by atoms with Crippen molar-refractivity contribution in [3.05, 3.63) is 0 Å². The molecule has 18 heavy (non-hydrogen) atoms. The number of hydrogen-bond donors (Lipinski definition) is 0. The van der Waals surface area contributed by atoms with Gasteiger partial charge < -0.3 is 9.64 Å². The molecule has 6 heteroatoms. The number of alkyl halides is 1. The quantitative estimate of drug-likeness (QED) is 0.423. The van der Waals surface area contributed by atoms with Crippen LogP contribution < -0.4 is 0 Å². The normalized spacial score (nSPS) is 19.7. The van der Waals surface area contributed by atoms with Gasteiger partial charge in [0.15, 0.2) is 0 Å². The number of carbonyl (C=O) groups is 2. The Hall–Kier alpha value is -0.230. The molecule has 1 saturated heterocycles. The average molecular weight is 338 g/mol. The number of amides is 1. The molecule has 1 amide bonds. The van der Waals surface area contributed by atoms with E-state index < -0.39 is 0 Å². The molecule has 1 heterocycles. The summed E-state index contributed by atoms with van der Waals surface area (Å²) in [7, 11) is 0. The number of ether oxygens (including phenoxy) is 1. The van der Waals surface area contributed by atoms with Gasteiger partial charge in [0.2, 0.25) is 5.91 Å². The van der Waals surface area contributed by atoms with E-state index in [1.54, 1.807) is 23.6 Å². The van der Waals surface area contributed by atoms with Gasteiger partial charge in [-0.3, -0.25) is 4.79 Å². The summed E-state index contributed by atoms with van der Waals surface area (Å²) in [5.74, 6) is 1.37. The highest BCUT2D eigenvalue weighted by Gasteiger charge is 2.32. The standard InChI is InChI=1S/C12H20BrNO3S/c1-2-17-12(16)10-9-18-8-7-14(10)11(15)5-3-4-6-13/h10H,2-9H2,1H3. The predicted molar refractivity (Wildman–Crippen MR) is 77.1 cm³/mol. The average Bonchev–Trinajstić information content (AvgIpc) is 2.39. The maximum Gasteiger partial charge on any atom is 0.329 e. The Morgan fingerprint density at radius 2 is 2.22 bits per heavy atom. The van der Waals surface area contributed by atoms with Crippen molar-refractivity contribution < 1.29 is 14.3 Å². The van der Waals surface area contributed by atoms with Gasteiger partial charge in [-0.2, -0.15) is 11.8 Å². The lowest BCUT2D eigenvalue weighted by molar-refractivity contribution is -0.153. The topological polar surface area (TPSA) is 46.6 Å². The lowest BCUT2D eigenvalue weighted by atomic mass is 10.2. The molecular formula is C12H20BrNO3S. The third kappa shape index (κ3) is 4.80. The summed E-state index contributed by atoms with van der Waals surface area (Å²) >= 11 is 5.05.